The lowest BCUT2D eigenvalue weighted by Gasteiger charge is -2.16. The number of hydrogen-bond donors (Lipinski definition) is 1. The number of amides is 1. The summed E-state index contributed by atoms with van der Waals surface area (Å²) in [6.45, 7) is 2.98. The average Bonchev–Trinajstić information content (AvgIpc) is 3.48. The van der Waals surface area contributed by atoms with Crippen molar-refractivity contribution in [3.8, 4) is 5.75 Å². The first-order valence-electron chi connectivity index (χ1n) is 11.2. The number of rotatable bonds is 5. The molecule has 1 fully saturated rings. The van der Waals surface area contributed by atoms with Crippen LogP contribution in [0.25, 0.3) is 38.1 Å². The molecule has 2 aromatic carbocycles. The molecule has 2 atom stereocenters. The second-order valence-corrected chi connectivity index (χ2v) is 8.56. The van der Waals surface area contributed by atoms with Crippen LogP contribution in [-0.2, 0) is 9.53 Å². The monoisotopic (exact) mass is 441 g/mol. The highest BCUT2D eigenvalue weighted by Crippen LogP contribution is 2.34. The maximum atomic E-state index is 13.3. The Labute approximate surface area is 189 Å². The van der Waals surface area contributed by atoms with Gasteiger partial charge in [-0.05, 0) is 50.1 Å². The minimum Gasteiger partial charge on any atom is -0.481 e. The molecule has 33 heavy (non-hydrogen) atoms. The second-order valence-electron chi connectivity index (χ2n) is 8.56. The van der Waals surface area contributed by atoms with Crippen molar-refractivity contribution < 1.29 is 14.3 Å². The first kappa shape index (κ1) is 19.9. The molecule has 4 heterocycles. The van der Waals surface area contributed by atoms with Crippen molar-refractivity contribution in [1.29, 1.82) is 0 Å². The summed E-state index contributed by atoms with van der Waals surface area (Å²) in [6, 6.07) is 15.0. The van der Waals surface area contributed by atoms with E-state index < -0.39 is 6.10 Å². The molecule has 1 amide bonds. The van der Waals surface area contributed by atoms with Crippen molar-refractivity contribution in [2.24, 2.45) is 0 Å². The Kier molecular flexibility index (Phi) is 4.66. The Balaban J connectivity index is 1.39. The highest BCUT2D eigenvalue weighted by Gasteiger charge is 2.21. The second kappa shape index (κ2) is 7.71. The van der Waals surface area contributed by atoms with E-state index in [1.165, 1.54) is 0 Å². The number of nitrogens with one attached hydrogen (secondary N) is 1. The molecule has 7 nitrogen and oxygen atoms in total. The predicted molar refractivity (Wildman–Crippen MR) is 127 cm³/mol. The normalized spacial score (nSPS) is 17.3. The van der Waals surface area contributed by atoms with Gasteiger partial charge in [-0.25, -0.2) is 0 Å². The van der Waals surface area contributed by atoms with Crippen molar-refractivity contribution in [2.75, 3.05) is 13.2 Å². The fraction of sp³-hybridized carbons (Fsp3) is 0.269. The van der Waals surface area contributed by atoms with Crippen LogP contribution in [0.15, 0.2) is 59.5 Å². The molecular weight excluding hydrogens is 418 g/mol. The lowest BCUT2D eigenvalue weighted by atomic mass is 10.1. The van der Waals surface area contributed by atoms with Gasteiger partial charge in [0.2, 0.25) is 0 Å². The van der Waals surface area contributed by atoms with Crippen LogP contribution in [0.2, 0.25) is 0 Å². The SMILES string of the molecule is C[C@H](Oc1ccc2c(c1)c1ccnc3c4ccccc4c(=O)n2c13)C(=O)NC[C@H]1CCCO1. The lowest BCUT2D eigenvalue weighted by Crippen LogP contribution is -2.40. The van der Waals surface area contributed by atoms with Crippen molar-refractivity contribution in [1.82, 2.24) is 14.7 Å². The van der Waals surface area contributed by atoms with Crippen molar-refractivity contribution >= 4 is 44.0 Å². The fourth-order valence-corrected chi connectivity index (χ4v) is 4.84. The van der Waals surface area contributed by atoms with Gasteiger partial charge in [-0.3, -0.25) is 19.0 Å². The summed E-state index contributed by atoms with van der Waals surface area (Å²) in [5.41, 5.74) is 2.32. The molecule has 0 unspecified atom stereocenters. The van der Waals surface area contributed by atoms with E-state index in [2.05, 4.69) is 10.3 Å². The van der Waals surface area contributed by atoms with E-state index in [0.29, 0.717) is 17.7 Å². The number of benzene rings is 2. The first-order valence-corrected chi connectivity index (χ1v) is 11.2. The van der Waals surface area contributed by atoms with Crippen LogP contribution >= 0.6 is 0 Å². The van der Waals surface area contributed by atoms with Gasteiger partial charge in [-0.15, -0.1) is 0 Å². The highest BCUT2D eigenvalue weighted by atomic mass is 16.5. The van der Waals surface area contributed by atoms with E-state index in [4.69, 9.17) is 9.47 Å². The van der Waals surface area contributed by atoms with Gasteiger partial charge in [0.05, 0.1) is 22.7 Å². The quantitative estimate of drug-likeness (QED) is 0.421. The molecule has 166 valence electrons. The molecule has 5 aromatic rings. The van der Waals surface area contributed by atoms with Crippen LogP contribution in [-0.4, -0.2) is 40.7 Å². The lowest BCUT2D eigenvalue weighted by molar-refractivity contribution is -0.127. The Morgan fingerprint density at radius 2 is 2.03 bits per heavy atom. The molecule has 0 spiro atoms. The number of pyridine rings is 2. The predicted octanol–water partition coefficient (Wildman–Crippen LogP) is 3.65. The van der Waals surface area contributed by atoms with Crippen LogP contribution in [0.4, 0.5) is 0 Å². The molecule has 7 heteroatoms. The van der Waals surface area contributed by atoms with E-state index in [0.717, 1.165) is 52.2 Å². The third-order valence-electron chi connectivity index (χ3n) is 6.47. The molecule has 3 aromatic heterocycles. The van der Waals surface area contributed by atoms with E-state index in [-0.39, 0.29) is 17.6 Å². The van der Waals surface area contributed by atoms with Crippen LogP contribution in [0.5, 0.6) is 5.75 Å². The van der Waals surface area contributed by atoms with Gasteiger partial charge in [0.25, 0.3) is 11.5 Å². The van der Waals surface area contributed by atoms with Crippen LogP contribution in [0, 0.1) is 0 Å². The van der Waals surface area contributed by atoms with Crippen LogP contribution in [0.3, 0.4) is 0 Å². The van der Waals surface area contributed by atoms with Gasteiger partial charge in [0.1, 0.15) is 5.75 Å². The van der Waals surface area contributed by atoms with Gasteiger partial charge in [0.15, 0.2) is 6.10 Å². The first-order chi connectivity index (χ1) is 16.1. The largest absolute Gasteiger partial charge is 0.481 e. The molecule has 1 aliphatic heterocycles. The average molecular weight is 441 g/mol. The minimum absolute atomic E-state index is 0.0679. The fourth-order valence-electron chi connectivity index (χ4n) is 4.84. The molecular formula is C26H23N3O4. The summed E-state index contributed by atoms with van der Waals surface area (Å²) in [6.07, 6.45) is 3.20. The maximum Gasteiger partial charge on any atom is 0.263 e. The van der Waals surface area contributed by atoms with Gasteiger partial charge in [-0.1, -0.05) is 18.2 Å². The van der Waals surface area contributed by atoms with Crippen LogP contribution in [0.1, 0.15) is 19.8 Å². The van der Waals surface area contributed by atoms with Gasteiger partial charge in [0, 0.05) is 40.9 Å². The topological polar surface area (TPSA) is 81.9 Å². The Morgan fingerprint density at radius 3 is 2.85 bits per heavy atom. The molecule has 1 aliphatic rings. The van der Waals surface area contributed by atoms with Gasteiger partial charge >= 0.3 is 0 Å². The van der Waals surface area contributed by atoms with Gasteiger partial charge in [-0.2, -0.15) is 0 Å². The number of hydrogen-bond acceptors (Lipinski definition) is 5. The number of fused-ring (bicyclic) bond motifs is 5. The summed E-state index contributed by atoms with van der Waals surface area (Å²) in [4.78, 5) is 30.4. The number of nitrogens with zero attached hydrogens (tertiary/aromatic N) is 2. The molecule has 1 saturated heterocycles. The number of carbonyl (C=O) groups is 1. The number of carbonyl (C=O) groups excluding carboxylic acids is 1. The smallest absolute Gasteiger partial charge is 0.263 e. The standard InChI is InChI=1S/C26H23N3O4/c1-15(25(30)28-14-17-5-4-12-32-17)33-16-8-9-22-21(13-16)19-10-11-27-23-18-6-2-3-7-20(18)26(31)29(22)24(19)23/h2-3,6-11,13,15,17H,4-5,12,14H2,1H3,(H,28,30)/t15-,17+/m0/s1. The zero-order valence-corrected chi connectivity index (χ0v) is 18.2. The van der Waals surface area contributed by atoms with Gasteiger partial charge < -0.3 is 14.8 Å². The minimum atomic E-state index is -0.656. The third kappa shape index (κ3) is 3.19. The van der Waals surface area contributed by atoms with Crippen molar-refractivity contribution in [2.45, 2.75) is 32.0 Å². The Hall–Kier alpha value is -3.71. The van der Waals surface area contributed by atoms with Crippen LogP contribution < -0.4 is 15.6 Å². The number of ether oxygens (including phenoxy) is 2. The van der Waals surface area contributed by atoms with E-state index in [9.17, 15) is 9.59 Å². The molecule has 1 N–H and O–H groups in total. The van der Waals surface area contributed by atoms with Crippen molar-refractivity contribution in [3.05, 3.63) is 65.1 Å². The summed E-state index contributed by atoms with van der Waals surface area (Å²) < 4.78 is 13.3. The zero-order chi connectivity index (χ0) is 22.5. The molecule has 0 radical (unpaired) electrons. The molecule has 0 aliphatic carbocycles. The summed E-state index contributed by atoms with van der Waals surface area (Å²) in [5, 5.41) is 6.21. The Bertz CT molecular complexity index is 1570. The zero-order valence-electron chi connectivity index (χ0n) is 18.2. The highest BCUT2D eigenvalue weighted by molar-refractivity contribution is 6.18. The van der Waals surface area contributed by atoms with Crippen molar-refractivity contribution in [3.63, 3.8) is 0 Å². The number of aromatic nitrogens is 2. The Morgan fingerprint density at radius 1 is 1.18 bits per heavy atom. The summed E-state index contributed by atoms with van der Waals surface area (Å²) >= 11 is 0. The van der Waals surface area contributed by atoms with E-state index in [1.54, 1.807) is 23.6 Å². The summed E-state index contributed by atoms with van der Waals surface area (Å²) in [7, 11) is 0. The van der Waals surface area contributed by atoms with E-state index >= 15 is 0 Å². The van der Waals surface area contributed by atoms with E-state index in [1.807, 2.05) is 42.5 Å². The maximum absolute atomic E-state index is 13.3. The summed E-state index contributed by atoms with van der Waals surface area (Å²) in [5.74, 6) is 0.395. The third-order valence-corrected chi connectivity index (χ3v) is 6.47. The molecule has 0 bridgehead atoms. The molecule has 0 saturated carbocycles. The molecule has 6 rings (SSSR count).